The van der Waals surface area contributed by atoms with Crippen LogP contribution < -0.4 is 10.6 Å². The molecular weight excluding hydrogens is 458 g/mol. The van der Waals surface area contributed by atoms with Gasteiger partial charge in [-0.25, -0.2) is 0 Å². The molecule has 2 N–H and O–H groups in total. The average Bonchev–Trinajstić information content (AvgIpc) is 3.23. The van der Waals surface area contributed by atoms with Crippen molar-refractivity contribution in [3.63, 3.8) is 0 Å². The van der Waals surface area contributed by atoms with E-state index in [0.29, 0.717) is 34.7 Å². The first-order valence-corrected chi connectivity index (χ1v) is 12.2. The van der Waals surface area contributed by atoms with Gasteiger partial charge in [0.2, 0.25) is 5.91 Å². The molecule has 2 amide bonds. The van der Waals surface area contributed by atoms with Gasteiger partial charge in [-0.2, -0.15) is 0 Å². The number of carbonyl (C=O) groups excluding carboxylic acids is 2. The maximum Gasteiger partial charge on any atom is 0.253 e. The smallest absolute Gasteiger partial charge is 0.253 e. The summed E-state index contributed by atoms with van der Waals surface area (Å²) in [6, 6.07) is 16.3. The summed E-state index contributed by atoms with van der Waals surface area (Å²) in [6.45, 7) is 7.10. The second-order valence-corrected chi connectivity index (χ2v) is 9.16. The zero-order chi connectivity index (χ0) is 23.8. The predicted molar refractivity (Wildman–Crippen MR) is 131 cm³/mol. The lowest BCUT2D eigenvalue weighted by Gasteiger charge is -2.22. The quantitative estimate of drug-likeness (QED) is 0.413. The summed E-state index contributed by atoms with van der Waals surface area (Å²) in [5.41, 5.74) is 1.46. The van der Waals surface area contributed by atoms with E-state index in [4.69, 9.17) is 11.6 Å². The van der Waals surface area contributed by atoms with Crippen LogP contribution in [0.1, 0.15) is 48.6 Å². The number of aromatic nitrogens is 3. The number of nitrogens with one attached hydrogen (secondary N) is 2. The molecule has 1 heterocycles. The zero-order valence-electron chi connectivity index (χ0n) is 18.9. The number of benzene rings is 2. The van der Waals surface area contributed by atoms with Crippen LogP contribution in [0, 0.1) is 5.92 Å². The van der Waals surface area contributed by atoms with Gasteiger partial charge in [-0.05, 0) is 30.5 Å². The predicted octanol–water partition coefficient (Wildman–Crippen LogP) is 4.49. The molecule has 0 bridgehead atoms. The third-order valence-electron chi connectivity index (χ3n) is 5.08. The first kappa shape index (κ1) is 24.8. The van der Waals surface area contributed by atoms with Gasteiger partial charge in [-0.1, -0.05) is 79.7 Å². The third-order valence-corrected chi connectivity index (χ3v) is 6.37. The van der Waals surface area contributed by atoms with Crippen LogP contribution in [-0.4, -0.2) is 32.3 Å². The number of rotatable bonds is 10. The maximum absolute atomic E-state index is 12.9. The molecule has 3 rings (SSSR count). The van der Waals surface area contributed by atoms with Gasteiger partial charge in [-0.15, -0.1) is 10.2 Å². The Morgan fingerprint density at radius 1 is 1.06 bits per heavy atom. The van der Waals surface area contributed by atoms with Crippen LogP contribution in [0.4, 0.5) is 0 Å². The fraction of sp³-hybridized carbons (Fsp3) is 0.333. The van der Waals surface area contributed by atoms with E-state index in [-0.39, 0.29) is 29.5 Å². The Morgan fingerprint density at radius 2 is 1.76 bits per heavy atom. The monoisotopic (exact) mass is 485 g/mol. The highest BCUT2D eigenvalue weighted by Crippen LogP contribution is 2.26. The molecule has 0 unspecified atom stereocenters. The Bertz CT molecular complexity index is 1090. The fourth-order valence-corrected chi connectivity index (χ4v) is 4.37. The van der Waals surface area contributed by atoms with E-state index < -0.39 is 0 Å². The van der Waals surface area contributed by atoms with E-state index in [9.17, 15) is 9.59 Å². The molecule has 2 aromatic carbocycles. The number of carbonyl (C=O) groups is 2. The second kappa shape index (κ2) is 11.9. The van der Waals surface area contributed by atoms with Crippen molar-refractivity contribution in [3.8, 4) is 0 Å². The Hall–Kier alpha value is -2.84. The molecule has 9 heteroatoms. The van der Waals surface area contributed by atoms with Crippen LogP contribution in [0.2, 0.25) is 5.02 Å². The SMILES string of the molecule is CCn1c(SCC(=O)NCc2ccccc2)nnc1[C@@H](NC(=O)c1ccccc1Cl)C(C)C. The summed E-state index contributed by atoms with van der Waals surface area (Å²) < 4.78 is 1.94. The number of halogens is 1. The van der Waals surface area contributed by atoms with E-state index in [2.05, 4.69) is 20.8 Å². The molecule has 174 valence electrons. The Morgan fingerprint density at radius 3 is 2.42 bits per heavy atom. The summed E-state index contributed by atoms with van der Waals surface area (Å²) >= 11 is 7.52. The fourth-order valence-electron chi connectivity index (χ4n) is 3.31. The molecule has 33 heavy (non-hydrogen) atoms. The van der Waals surface area contributed by atoms with Crippen LogP contribution in [0.15, 0.2) is 59.8 Å². The molecule has 0 fully saturated rings. The van der Waals surface area contributed by atoms with Crippen molar-refractivity contribution in [2.24, 2.45) is 5.92 Å². The lowest BCUT2D eigenvalue weighted by molar-refractivity contribution is -0.118. The molecule has 1 aromatic heterocycles. The summed E-state index contributed by atoms with van der Waals surface area (Å²) in [5, 5.41) is 15.7. The first-order chi connectivity index (χ1) is 15.9. The van der Waals surface area contributed by atoms with Crippen LogP contribution in [0.25, 0.3) is 0 Å². The van der Waals surface area contributed by atoms with E-state index in [1.54, 1.807) is 24.3 Å². The molecule has 1 atom stereocenters. The van der Waals surface area contributed by atoms with Crippen molar-refractivity contribution < 1.29 is 9.59 Å². The molecule has 0 saturated carbocycles. The maximum atomic E-state index is 12.9. The largest absolute Gasteiger partial charge is 0.351 e. The summed E-state index contributed by atoms with van der Waals surface area (Å²) in [5.74, 6) is 0.601. The molecule has 0 radical (unpaired) electrons. The van der Waals surface area contributed by atoms with Gasteiger partial charge in [0, 0.05) is 13.1 Å². The average molecular weight is 486 g/mol. The van der Waals surface area contributed by atoms with Crippen molar-refractivity contribution in [2.75, 3.05) is 5.75 Å². The van der Waals surface area contributed by atoms with Gasteiger partial charge in [0.15, 0.2) is 11.0 Å². The Labute approximate surface area is 203 Å². The van der Waals surface area contributed by atoms with Crippen molar-refractivity contribution in [1.82, 2.24) is 25.4 Å². The first-order valence-electron chi connectivity index (χ1n) is 10.8. The van der Waals surface area contributed by atoms with Crippen LogP contribution in [0.5, 0.6) is 0 Å². The number of amides is 2. The summed E-state index contributed by atoms with van der Waals surface area (Å²) in [4.78, 5) is 25.2. The minimum Gasteiger partial charge on any atom is -0.351 e. The molecular formula is C24H28ClN5O2S. The van der Waals surface area contributed by atoms with Crippen molar-refractivity contribution in [3.05, 3.63) is 76.6 Å². The minimum absolute atomic E-state index is 0.0676. The van der Waals surface area contributed by atoms with Gasteiger partial charge in [0.25, 0.3) is 5.91 Å². The summed E-state index contributed by atoms with van der Waals surface area (Å²) in [7, 11) is 0. The van der Waals surface area contributed by atoms with Crippen molar-refractivity contribution in [1.29, 1.82) is 0 Å². The molecule has 7 nitrogen and oxygen atoms in total. The Balaban J connectivity index is 1.67. The zero-order valence-corrected chi connectivity index (χ0v) is 20.5. The molecule has 0 saturated heterocycles. The van der Waals surface area contributed by atoms with E-state index in [1.165, 1.54) is 11.8 Å². The minimum atomic E-state index is -0.359. The van der Waals surface area contributed by atoms with Gasteiger partial charge in [-0.3, -0.25) is 9.59 Å². The lowest BCUT2D eigenvalue weighted by atomic mass is 10.0. The van der Waals surface area contributed by atoms with E-state index >= 15 is 0 Å². The number of thioether (sulfide) groups is 1. The topological polar surface area (TPSA) is 88.9 Å². The highest BCUT2D eigenvalue weighted by Gasteiger charge is 2.26. The molecule has 0 aliphatic heterocycles. The van der Waals surface area contributed by atoms with Crippen molar-refractivity contribution in [2.45, 2.75) is 45.1 Å². The van der Waals surface area contributed by atoms with Crippen molar-refractivity contribution >= 4 is 35.2 Å². The van der Waals surface area contributed by atoms with Gasteiger partial charge in [0.1, 0.15) is 0 Å². The number of nitrogens with zero attached hydrogens (tertiary/aromatic N) is 3. The normalized spacial score (nSPS) is 11.9. The molecule has 3 aromatic rings. The van der Waals surface area contributed by atoms with Crippen LogP contribution in [-0.2, 0) is 17.9 Å². The second-order valence-electron chi connectivity index (χ2n) is 7.81. The lowest BCUT2D eigenvalue weighted by Crippen LogP contribution is -2.34. The number of hydrogen-bond donors (Lipinski definition) is 2. The third kappa shape index (κ3) is 6.58. The summed E-state index contributed by atoms with van der Waals surface area (Å²) in [6.07, 6.45) is 0. The van der Waals surface area contributed by atoms with E-state index in [0.717, 1.165) is 5.56 Å². The highest BCUT2D eigenvalue weighted by molar-refractivity contribution is 7.99. The Kier molecular flexibility index (Phi) is 8.91. The van der Waals surface area contributed by atoms with E-state index in [1.807, 2.05) is 55.7 Å². The number of hydrogen-bond acceptors (Lipinski definition) is 5. The highest BCUT2D eigenvalue weighted by atomic mass is 35.5. The van der Waals surface area contributed by atoms with Crippen LogP contribution >= 0.6 is 23.4 Å². The van der Waals surface area contributed by atoms with Gasteiger partial charge < -0.3 is 15.2 Å². The molecule has 0 spiro atoms. The molecule has 0 aliphatic rings. The standard InChI is InChI=1S/C24H28ClN5O2S/c1-4-30-22(21(16(2)3)27-23(32)18-12-8-9-13-19(18)25)28-29-24(30)33-15-20(31)26-14-17-10-6-5-7-11-17/h5-13,16,21H,4,14-15H2,1-3H3,(H,26,31)(H,27,32)/t21-/m0/s1. The van der Waals surface area contributed by atoms with Gasteiger partial charge >= 0.3 is 0 Å². The van der Waals surface area contributed by atoms with Crippen LogP contribution in [0.3, 0.4) is 0 Å². The molecule has 0 aliphatic carbocycles. The van der Waals surface area contributed by atoms with Gasteiger partial charge in [0.05, 0.1) is 22.4 Å².